The largest absolute Gasteiger partial charge is 0.397 e. The Morgan fingerprint density at radius 2 is 2.07 bits per heavy atom. The molecule has 0 bridgehead atoms. The van der Waals surface area contributed by atoms with E-state index in [1.807, 2.05) is 0 Å². The molecular formula is C10H13N3O2. The van der Waals surface area contributed by atoms with Crippen molar-refractivity contribution in [3.8, 4) is 0 Å². The van der Waals surface area contributed by atoms with Crippen LogP contribution < -0.4 is 16.6 Å². The number of hydrogen-bond acceptors (Lipinski definition) is 4. The number of benzene rings is 1. The van der Waals surface area contributed by atoms with Gasteiger partial charge in [0.2, 0.25) is 5.91 Å². The quantitative estimate of drug-likeness (QED) is 0.312. The van der Waals surface area contributed by atoms with Gasteiger partial charge in [-0.3, -0.25) is 4.79 Å². The van der Waals surface area contributed by atoms with E-state index in [0.717, 1.165) is 5.01 Å². The first-order chi connectivity index (χ1) is 7.20. The number of hydrogen-bond donors (Lipinski definition) is 2. The van der Waals surface area contributed by atoms with Crippen LogP contribution in [0.2, 0.25) is 0 Å². The maximum Gasteiger partial charge on any atom is 0.249 e. The predicted molar refractivity (Wildman–Crippen MR) is 56.8 cm³/mol. The van der Waals surface area contributed by atoms with Crippen molar-refractivity contribution in [2.24, 2.45) is 11.8 Å². The summed E-state index contributed by atoms with van der Waals surface area (Å²) in [6.45, 7) is 0.887. The topological polar surface area (TPSA) is 81.6 Å². The van der Waals surface area contributed by atoms with Crippen molar-refractivity contribution in [2.75, 3.05) is 24.0 Å². The van der Waals surface area contributed by atoms with Crippen molar-refractivity contribution in [3.63, 3.8) is 0 Å². The second-order valence-electron chi connectivity index (χ2n) is 3.50. The zero-order valence-corrected chi connectivity index (χ0v) is 8.22. The van der Waals surface area contributed by atoms with E-state index in [0.29, 0.717) is 24.6 Å². The van der Waals surface area contributed by atoms with Crippen molar-refractivity contribution in [1.82, 2.24) is 0 Å². The number of carbonyl (C=O) groups excluding carboxylic acids is 1. The van der Waals surface area contributed by atoms with Crippen LogP contribution in [-0.2, 0) is 9.53 Å². The number of rotatable bonds is 2. The Morgan fingerprint density at radius 3 is 2.60 bits per heavy atom. The molecule has 2 rings (SSSR count). The first-order valence-electron chi connectivity index (χ1n) is 4.71. The molecular weight excluding hydrogens is 194 g/mol. The lowest BCUT2D eigenvalue weighted by Gasteiger charge is -2.29. The molecule has 1 heterocycles. The van der Waals surface area contributed by atoms with Crippen molar-refractivity contribution in [3.05, 3.63) is 24.3 Å². The van der Waals surface area contributed by atoms with E-state index in [1.54, 1.807) is 24.3 Å². The third-order valence-corrected chi connectivity index (χ3v) is 2.42. The van der Waals surface area contributed by atoms with Gasteiger partial charge in [0.15, 0.2) is 0 Å². The summed E-state index contributed by atoms with van der Waals surface area (Å²) in [7, 11) is 0. The highest BCUT2D eigenvalue weighted by molar-refractivity contribution is 5.97. The molecule has 0 saturated carbocycles. The fourth-order valence-corrected chi connectivity index (χ4v) is 1.40. The van der Waals surface area contributed by atoms with Gasteiger partial charge in [-0.1, -0.05) is 12.1 Å². The third-order valence-electron chi connectivity index (χ3n) is 2.42. The van der Waals surface area contributed by atoms with Gasteiger partial charge in [0, 0.05) is 0 Å². The molecule has 1 saturated heterocycles. The van der Waals surface area contributed by atoms with Gasteiger partial charge < -0.3 is 10.5 Å². The Balaban J connectivity index is 2.16. The molecule has 0 unspecified atom stereocenters. The number of nitrogens with zero attached hydrogens (tertiary/aromatic N) is 1. The fourth-order valence-electron chi connectivity index (χ4n) is 1.40. The van der Waals surface area contributed by atoms with Gasteiger partial charge in [0.05, 0.1) is 30.5 Å². The van der Waals surface area contributed by atoms with Crippen LogP contribution in [-0.4, -0.2) is 19.1 Å². The van der Waals surface area contributed by atoms with E-state index >= 15 is 0 Å². The SMILES string of the molecule is Nc1ccccc1N(N)C(=O)C1COC1. The monoisotopic (exact) mass is 207 g/mol. The van der Waals surface area contributed by atoms with Gasteiger partial charge in [0.1, 0.15) is 0 Å². The van der Waals surface area contributed by atoms with Crippen LogP contribution in [0.1, 0.15) is 0 Å². The first kappa shape index (κ1) is 9.95. The molecule has 80 valence electrons. The second kappa shape index (κ2) is 3.88. The van der Waals surface area contributed by atoms with Gasteiger partial charge in [0.25, 0.3) is 0 Å². The van der Waals surface area contributed by atoms with E-state index in [2.05, 4.69) is 0 Å². The number of para-hydroxylation sites is 2. The molecule has 1 fully saturated rings. The van der Waals surface area contributed by atoms with Gasteiger partial charge in [-0.15, -0.1) is 0 Å². The maximum absolute atomic E-state index is 11.7. The zero-order chi connectivity index (χ0) is 10.8. The van der Waals surface area contributed by atoms with Crippen molar-refractivity contribution in [2.45, 2.75) is 0 Å². The third kappa shape index (κ3) is 1.79. The van der Waals surface area contributed by atoms with Gasteiger partial charge in [-0.2, -0.15) is 0 Å². The van der Waals surface area contributed by atoms with Crippen LogP contribution in [0.5, 0.6) is 0 Å². The summed E-state index contributed by atoms with van der Waals surface area (Å²) >= 11 is 0. The summed E-state index contributed by atoms with van der Waals surface area (Å²) in [6.07, 6.45) is 0. The van der Waals surface area contributed by atoms with Crippen molar-refractivity contribution < 1.29 is 9.53 Å². The predicted octanol–water partition coefficient (Wildman–Crippen LogP) is 0.122. The Hall–Kier alpha value is -1.59. The molecule has 15 heavy (non-hydrogen) atoms. The lowest BCUT2D eigenvalue weighted by atomic mass is 10.1. The summed E-state index contributed by atoms with van der Waals surface area (Å²) < 4.78 is 4.94. The van der Waals surface area contributed by atoms with Crippen LogP contribution in [0.4, 0.5) is 11.4 Å². The number of hydrazine groups is 1. The van der Waals surface area contributed by atoms with Crippen LogP contribution in [0.25, 0.3) is 0 Å². The molecule has 1 aliphatic rings. The summed E-state index contributed by atoms with van der Waals surface area (Å²) in [4.78, 5) is 11.7. The maximum atomic E-state index is 11.7. The highest BCUT2D eigenvalue weighted by Gasteiger charge is 2.30. The van der Waals surface area contributed by atoms with E-state index in [-0.39, 0.29) is 11.8 Å². The molecule has 1 amide bonds. The van der Waals surface area contributed by atoms with Crippen LogP contribution in [0, 0.1) is 5.92 Å². The number of carbonyl (C=O) groups is 1. The molecule has 0 aliphatic carbocycles. The summed E-state index contributed by atoms with van der Waals surface area (Å²) in [5, 5.41) is 1.10. The lowest BCUT2D eigenvalue weighted by molar-refractivity contribution is -0.136. The molecule has 1 aromatic rings. The van der Waals surface area contributed by atoms with E-state index < -0.39 is 0 Å². The smallest absolute Gasteiger partial charge is 0.249 e. The molecule has 0 aromatic heterocycles. The van der Waals surface area contributed by atoms with Gasteiger partial charge in [-0.05, 0) is 12.1 Å². The molecule has 0 radical (unpaired) electrons. The molecule has 5 nitrogen and oxygen atoms in total. The summed E-state index contributed by atoms with van der Waals surface area (Å²) in [5.74, 6) is 5.41. The van der Waals surface area contributed by atoms with Gasteiger partial charge >= 0.3 is 0 Å². The minimum atomic E-state index is -0.154. The average molecular weight is 207 g/mol. The van der Waals surface area contributed by atoms with E-state index in [1.165, 1.54) is 0 Å². The number of nitrogens with two attached hydrogens (primary N) is 2. The Morgan fingerprint density at radius 1 is 1.40 bits per heavy atom. The number of nitrogen functional groups attached to an aromatic ring is 1. The highest BCUT2D eigenvalue weighted by Crippen LogP contribution is 2.23. The van der Waals surface area contributed by atoms with E-state index in [4.69, 9.17) is 16.3 Å². The van der Waals surface area contributed by atoms with Crippen LogP contribution in [0.3, 0.4) is 0 Å². The standard InChI is InChI=1S/C10H13N3O2/c11-8-3-1-2-4-9(8)13(12)10(14)7-5-15-6-7/h1-4,7H,5-6,11-12H2. The van der Waals surface area contributed by atoms with Gasteiger partial charge in [-0.25, -0.2) is 10.9 Å². The van der Waals surface area contributed by atoms with Crippen LogP contribution in [0.15, 0.2) is 24.3 Å². The summed E-state index contributed by atoms with van der Waals surface area (Å²) in [6, 6.07) is 7.01. The molecule has 0 atom stereocenters. The van der Waals surface area contributed by atoms with E-state index in [9.17, 15) is 4.79 Å². The normalized spacial score (nSPS) is 15.8. The van der Waals surface area contributed by atoms with Crippen LogP contribution >= 0.6 is 0 Å². The Labute approximate surface area is 87.6 Å². The number of amides is 1. The molecule has 5 heteroatoms. The molecule has 1 aliphatic heterocycles. The van der Waals surface area contributed by atoms with Crippen molar-refractivity contribution in [1.29, 1.82) is 0 Å². The zero-order valence-electron chi connectivity index (χ0n) is 8.22. The molecule has 0 spiro atoms. The van der Waals surface area contributed by atoms with Crippen molar-refractivity contribution >= 4 is 17.3 Å². The Bertz CT molecular complexity index is 377. The molecule has 1 aromatic carbocycles. The highest BCUT2D eigenvalue weighted by atomic mass is 16.5. The second-order valence-corrected chi connectivity index (χ2v) is 3.50. The first-order valence-corrected chi connectivity index (χ1v) is 4.71. The minimum absolute atomic E-state index is 0.130. The lowest BCUT2D eigenvalue weighted by Crippen LogP contribution is -2.48. The minimum Gasteiger partial charge on any atom is -0.397 e. The summed E-state index contributed by atoms with van der Waals surface area (Å²) in [5.41, 5.74) is 6.74. The Kier molecular flexibility index (Phi) is 2.57. The number of anilines is 2. The number of ether oxygens (including phenoxy) is 1. The fraction of sp³-hybridized carbons (Fsp3) is 0.300. The average Bonchev–Trinajstić information content (AvgIpc) is 2.15. The molecule has 4 N–H and O–H groups in total.